The van der Waals surface area contributed by atoms with Crippen molar-refractivity contribution in [1.29, 1.82) is 0 Å². The first-order chi connectivity index (χ1) is 6.09. The highest BCUT2D eigenvalue weighted by atomic mass is 16.5. The van der Waals surface area contributed by atoms with E-state index in [4.69, 9.17) is 16.2 Å². The van der Waals surface area contributed by atoms with Gasteiger partial charge in [0.1, 0.15) is 5.75 Å². The molecule has 0 aromatic heterocycles. The van der Waals surface area contributed by atoms with E-state index in [1.165, 1.54) is 0 Å². The van der Waals surface area contributed by atoms with Crippen LogP contribution in [0, 0.1) is 5.92 Å². The van der Waals surface area contributed by atoms with Crippen molar-refractivity contribution in [2.45, 2.75) is 13.8 Å². The minimum Gasteiger partial charge on any atom is -0.493 e. The van der Waals surface area contributed by atoms with Crippen molar-refractivity contribution in [3.8, 4) is 5.75 Å². The van der Waals surface area contributed by atoms with Crippen LogP contribution in [0.4, 0.5) is 11.4 Å². The Kier molecular flexibility index (Phi) is 3.01. The highest BCUT2D eigenvalue weighted by molar-refractivity contribution is 5.65. The second-order valence-electron chi connectivity index (χ2n) is 3.50. The van der Waals surface area contributed by atoms with E-state index in [0.29, 0.717) is 23.9 Å². The standard InChI is InChI=1S/C10H16N2O/c1-7(2)6-13-8-3-4-9(11)10(12)5-8/h3-5,7H,6,11-12H2,1-2H3. The third-order valence-corrected chi connectivity index (χ3v) is 1.64. The van der Waals surface area contributed by atoms with Crippen LogP contribution in [0.3, 0.4) is 0 Å². The fraction of sp³-hybridized carbons (Fsp3) is 0.400. The summed E-state index contributed by atoms with van der Waals surface area (Å²) in [7, 11) is 0. The van der Waals surface area contributed by atoms with Gasteiger partial charge >= 0.3 is 0 Å². The van der Waals surface area contributed by atoms with Gasteiger partial charge in [0.05, 0.1) is 18.0 Å². The summed E-state index contributed by atoms with van der Waals surface area (Å²) in [6.07, 6.45) is 0. The first-order valence-corrected chi connectivity index (χ1v) is 4.37. The van der Waals surface area contributed by atoms with E-state index in [-0.39, 0.29) is 0 Å². The first kappa shape index (κ1) is 9.71. The van der Waals surface area contributed by atoms with E-state index < -0.39 is 0 Å². The Morgan fingerprint density at radius 1 is 1.23 bits per heavy atom. The van der Waals surface area contributed by atoms with Crippen LogP contribution in [0.25, 0.3) is 0 Å². The normalized spacial score (nSPS) is 10.4. The minimum absolute atomic E-state index is 0.513. The number of anilines is 2. The van der Waals surface area contributed by atoms with Gasteiger partial charge < -0.3 is 16.2 Å². The number of nitrogens with two attached hydrogens (primary N) is 2. The molecule has 0 radical (unpaired) electrons. The Labute approximate surface area is 78.7 Å². The molecule has 0 unspecified atom stereocenters. The first-order valence-electron chi connectivity index (χ1n) is 4.37. The maximum atomic E-state index is 5.62. The van der Waals surface area contributed by atoms with Gasteiger partial charge in [0.15, 0.2) is 0 Å². The molecule has 0 aliphatic heterocycles. The molecular weight excluding hydrogens is 164 g/mol. The van der Waals surface area contributed by atoms with E-state index in [2.05, 4.69) is 13.8 Å². The highest BCUT2D eigenvalue weighted by Crippen LogP contribution is 2.21. The Balaban J connectivity index is 2.63. The van der Waals surface area contributed by atoms with Crippen molar-refractivity contribution in [2.75, 3.05) is 18.1 Å². The van der Waals surface area contributed by atoms with Gasteiger partial charge in [-0.05, 0) is 18.1 Å². The number of hydrogen-bond donors (Lipinski definition) is 2. The Morgan fingerprint density at radius 2 is 1.92 bits per heavy atom. The van der Waals surface area contributed by atoms with Gasteiger partial charge in [0.2, 0.25) is 0 Å². The second kappa shape index (κ2) is 4.03. The minimum atomic E-state index is 0.513. The molecule has 1 aromatic rings. The van der Waals surface area contributed by atoms with Crippen LogP contribution >= 0.6 is 0 Å². The van der Waals surface area contributed by atoms with Crippen molar-refractivity contribution in [3.63, 3.8) is 0 Å². The summed E-state index contributed by atoms with van der Waals surface area (Å²) in [6.45, 7) is 4.89. The molecule has 4 N–H and O–H groups in total. The summed E-state index contributed by atoms with van der Waals surface area (Å²) in [4.78, 5) is 0. The van der Waals surface area contributed by atoms with Crippen molar-refractivity contribution < 1.29 is 4.74 Å². The van der Waals surface area contributed by atoms with Crippen LogP contribution in [0.15, 0.2) is 18.2 Å². The lowest BCUT2D eigenvalue weighted by Crippen LogP contribution is -2.05. The molecule has 0 aliphatic carbocycles. The van der Waals surface area contributed by atoms with Crippen LogP contribution < -0.4 is 16.2 Å². The third-order valence-electron chi connectivity index (χ3n) is 1.64. The highest BCUT2D eigenvalue weighted by Gasteiger charge is 1.99. The average molecular weight is 180 g/mol. The van der Waals surface area contributed by atoms with Crippen molar-refractivity contribution in [1.82, 2.24) is 0 Å². The number of benzene rings is 1. The molecule has 0 saturated carbocycles. The van der Waals surface area contributed by atoms with Crippen LogP contribution in [0.2, 0.25) is 0 Å². The summed E-state index contributed by atoms with van der Waals surface area (Å²) in [6, 6.07) is 5.33. The quantitative estimate of drug-likeness (QED) is 0.698. The number of ether oxygens (including phenoxy) is 1. The molecule has 3 heteroatoms. The Hall–Kier alpha value is -1.38. The van der Waals surface area contributed by atoms with Gasteiger partial charge in [-0.2, -0.15) is 0 Å². The zero-order chi connectivity index (χ0) is 9.84. The third kappa shape index (κ3) is 2.86. The molecule has 0 saturated heterocycles. The maximum Gasteiger partial charge on any atom is 0.121 e. The van der Waals surface area contributed by atoms with Gasteiger partial charge in [-0.15, -0.1) is 0 Å². The monoisotopic (exact) mass is 180 g/mol. The maximum absolute atomic E-state index is 5.62. The lowest BCUT2D eigenvalue weighted by Gasteiger charge is -2.09. The van der Waals surface area contributed by atoms with Gasteiger partial charge in [-0.25, -0.2) is 0 Å². The predicted octanol–water partition coefficient (Wildman–Crippen LogP) is 1.89. The van der Waals surface area contributed by atoms with Gasteiger partial charge in [0.25, 0.3) is 0 Å². The van der Waals surface area contributed by atoms with Crippen LogP contribution in [0.1, 0.15) is 13.8 Å². The largest absolute Gasteiger partial charge is 0.493 e. The van der Waals surface area contributed by atoms with Crippen molar-refractivity contribution in [3.05, 3.63) is 18.2 Å². The molecule has 0 bridgehead atoms. The summed E-state index contributed by atoms with van der Waals surface area (Å²) >= 11 is 0. The van der Waals surface area contributed by atoms with E-state index in [9.17, 15) is 0 Å². The molecular formula is C10H16N2O. The van der Waals surface area contributed by atoms with Crippen LogP contribution in [0.5, 0.6) is 5.75 Å². The molecule has 0 amide bonds. The van der Waals surface area contributed by atoms with Gasteiger partial charge in [-0.1, -0.05) is 13.8 Å². The summed E-state index contributed by atoms with van der Waals surface area (Å²) < 4.78 is 5.47. The number of hydrogen-bond acceptors (Lipinski definition) is 3. The number of rotatable bonds is 3. The second-order valence-corrected chi connectivity index (χ2v) is 3.50. The SMILES string of the molecule is CC(C)COc1ccc(N)c(N)c1. The molecule has 1 aromatic carbocycles. The van der Waals surface area contributed by atoms with E-state index in [0.717, 1.165) is 5.75 Å². The summed E-state index contributed by atoms with van der Waals surface area (Å²) in [5, 5.41) is 0. The van der Waals surface area contributed by atoms with Gasteiger partial charge in [-0.3, -0.25) is 0 Å². The van der Waals surface area contributed by atoms with Crippen molar-refractivity contribution in [2.24, 2.45) is 5.92 Å². The molecule has 3 nitrogen and oxygen atoms in total. The molecule has 0 heterocycles. The lowest BCUT2D eigenvalue weighted by molar-refractivity contribution is 0.271. The fourth-order valence-electron chi connectivity index (χ4n) is 0.906. The molecule has 13 heavy (non-hydrogen) atoms. The van der Waals surface area contributed by atoms with Gasteiger partial charge in [0, 0.05) is 6.07 Å². The van der Waals surface area contributed by atoms with Crippen molar-refractivity contribution >= 4 is 11.4 Å². The zero-order valence-corrected chi connectivity index (χ0v) is 8.08. The zero-order valence-electron chi connectivity index (χ0n) is 8.08. The topological polar surface area (TPSA) is 61.3 Å². The van der Waals surface area contributed by atoms with E-state index in [1.807, 2.05) is 6.07 Å². The summed E-state index contributed by atoms with van der Waals surface area (Å²) in [5.74, 6) is 1.29. The molecule has 0 atom stereocenters. The van der Waals surface area contributed by atoms with E-state index >= 15 is 0 Å². The Bertz CT molecular complexity index is 284. The predicted molar refractivity (Wildman–Crippen MR) is 55.6 cm³/mol. The molecule has 0 aliphatic rings. The lowest BCUT2D eigenvalue weighted by atomic mass is 10.2. The smallest absolute Gasteiger partial charge is 0.121 e. The van der Waals surface area contributed by atoms with E-state index in [1.54, 1.807) is 12.1 Å². The fourth-order valence-corrected chi connectivity index (χ4v) is 0.906. The molecule has 0 spiro atoms. The van der Waals surface area contributed by atoms with Crippen LogP contribution in [-0.2, 0) is 0 Å². The summed E-state index contributed by atoms with van der Waals surface area (Å²) in [5.41, 5.74) is 12.4. The number of nitrogen functional groups attached to an aromatic ring is 2. The van der Waals surface area contributed by atoms with Crippen LogP contribution in [-0.4, -0.2) is 6.61 Å². The average Bonchev–Trinajstić information content (AvgIpc) is 2.07. The Morgan fingerprint density at radius 3 is 2.46 bits per heavy atom. The molecule has 72 valence electrons. The molecule has 1 rings (SSSR count). The molecule has 0 fully saturated rings.